The number of primary amides is 1. The Bertz CT molecular complexity index is 409. The Labute approximate surface area is 113 Å². The van der Waals surface area contributed by atoms with Gasteiger partial charge in [-0.3, -0.25) is 4.79 Å². The van der Waals surface area contributed by atoms with E-state index < -0.39 is 0 Å². The highest BCUT2D eigenvalue weighted by atomic mass is 16.1. The van der Waals surface area contributed by atoms with Crippen LogP contribution >= 0.6 is 0 Å². The van der Waals surface area contributed by atoms with E-state index in [1.165, 1.54) is 6.33 Å². The second kappa shape index (κ2) is 8.25. The highest BCUT2D eigenvalue weighted by molar-refractivity contribution is 5.73. The lowest BCUT2D eigenvalue weighted by molar-refractivity contribution is -0.118. The summed E-state index contributed by atoms with van der Waals surface area (Å²) in [4.78, 5) is 18.9. The van der Waals surface area contributed by atoms with Crippen LogP contribution in [0.5, 0.6) is 0 Å². The molecule has 0 fully saturated rings. The van der Waals surface area contributed by atoms with E-state index in [0.717, 1.165) is 43.6 Å². The van der Waals surface area contributed by atoms with Crippen molar-refractivity contribution in [1.82, 2.24) is 9.97 Å². The number of aromatic nitrogens is 2. The average molecular weight is 266 g/mol. The van der Waals surface area contributed by atoms with Gasteiger partial charge in [-0.1, -0.05) is 13.3 Å². The summed E-state index contributed by atoms with van der Waals surface area (Å²) >= 11 is 0. The molecule has 7 nitrogen and oxygen atoms in total. The number of anilines is 2. The van der Waals surface area contributed by atoms with Crippen LogP contribution in [0.15, 0.2) is 6.33 Å². The van der Waals surface area contributed by atoms with Gasteiger partial charge < -0.3 is 16.5 Å². The first-order chi connectivity index (χ1) is 9.19. The monoisotopic (exact) mass is 266 g/mol. The SMILES string of the molecule is CCCc1c(NN)ncnc1NCCCCC(N)=O. The maximum atomic E-state index is 10.6. The number of nitrogens with two attached hydrogens (primary N) is 2. The quantitative estimate of drug-likeness (QED) is 0.298. The smallest absolute Gasteiger partial charge is 0.217 e. The van der Waals surface area contributed by atoms with Crippen LogP contribution in [0, 0.1) is 0 Å². The van der Waals surface area contributed by atoms with E-state index >= 15 is 0 Å². The molecule has 19 heavy (non-hydrogen) atoms. The minimum Gasteiger partial charge on any atom is -0.370 e. The van der Waals surface area contributed by atoms with Gasteiger partial charge in [0.1, 0.15) is 18.0 Å². The van der Waals surface area contributed by atoms with Crippen molar-refractivity contribution in [1.29, 1.82) is 0 Å². The standard InChI is InChI=1S/C12H22N6O/c1-2-5-9-11(16-8-17-12(9)18-14)15-7-4-3-6-10(13)19/h8H,2-7,14H2,1H3,(H2,13,19)(H2,15,16,17,18). The number of nitrogen functional groups attached to an aromatic ring is 1. The molecule has 0 aromatic carbocycles. The zero-order chi connectivity index (χ0) is 14.1. The summed E-state index contributed by atoms with van der Waals surface area (Å²) in [7, 11) is 0. The molecule has 1 rings (SSSR count). The lowest BCUT2D eigenvalue weighted by atomic mass is 10.1. The van der Waals surface area contributed by atoms with E-state index in [-0.39, 0.29) is 5.91 Å². The van der Waals surface area contributed by atoms with Crippen molar-refractivity contribution in [2.75, 3.05) is 17.3 Å². The molecular formula is C12H22N6O. The fourth-order valence-corrected chi connectivity index (χ4v) is 1.81. The number of amides is 1. The minimum absolute atomic E-state index is 0.261. The molecule has 6 N–H and O–H groups in total. The van der Waals surface area contributed by atoms with E-state index in [1.807, 2.05) is 0 Å². The summed E-state index contributed by atoms with van der Waals surface area (Å²) in [6.45, 7) is 2.83. The molecule has 0 aliphatic heterocycles. The van der Waals surface area contributed by atoms with E-state index in [4.69, 9.17) is 11.6 Å². The molecule has 0 saturated carbocycles. The van der Waals surface area contributed by atoms with E-state index in [1.54, 1.807) is 0 Å². The van der Waals surface area contributed by atoms with Crippen molar-refractivity contribution in [2.24, 2.45) is 11.6 Å². The second-order valence-corrected chi connectivity index (χ2v) is 4.29. The second-order valence-electron chi connectivity index (χ2n) is 4.29. The van der Waals surface area contributed by atoms with Gasteiger partial charge in [0, 0.05) is 18.5 Å². The average Bonchev–Trinajstić information content (AvgIpc) is 2.39. The Balaban J connectivity index is 2.54. The molecular weight excluding hydrogens is 244 g/mol. The Morgan fingerprint density at radius 3 is 2.68 bits per heavy atom. The predicted molar refractivity (Wildman–Crippen MR) is 75.4 cm³/mol. The third kappa shape index (κ3) is 5.09. The maximum absolute atomic E-state index is 10.6. The topological polar surface area (TPSA) is 119 Å². The molecule has 1 aromatic rings. The van der Waals surface area contributed by atoms with Gasteiger partial charge in [-0.25, -0.2) is 15.8 Å². The van der Waals surface area contributed by atoms with Crippen molar-refractivity contribution in [3.05, 3.63) is 11.9 Å². The first-order valence-corrected chi connectivity index (χ1v) is 6.51. The van der Waals surface area contributed by atoms with Crippen LogP contribution in [0.2, 0.25) is 0 Å². The van der Waals surface area contributed by atoms with Crippen LogP contribution in [0.4, 0.5) is 11.6 Å². The summed E-state index contributed by atoms with van der Waals surface area (Å²) < 4.78 is 0. The molecule has 1 amide bonds. The molecule has 1 aromatic heterocycles. The van der Waals surface area contributed by atoms with Gasteiger partial charge in [0.05, 0.1) is 0 Å². The van der Waals surface area contributed by atoms with Gasteiger partial charge >= 0.3 is 0 Å². The first-order valence-electron chi connectivity index (χ1n) is 6.51. The summed E-state index contributed by atoms with van der Waals surface area (Å²) in [5, 5.41) is 3.25. The summed E-state index contributed by atoms with van der Waals surface area (Å²) in [6, 6.07) is 0. The van der Waals surface area contributed by atoms with Gasteiger partial charge in [-0.15, -0.1) is 0 Å². The largest absolute Gasteiger partial charge is 0.370 e. The number of hydrogen-bond donors (Lipinski definition) is 4. The van der Waals surface area contributed by atoms with E-state index in [2.05, 4.69) is 27.6 Å². The number of hydrogen-bond acceptors (Lipinski definition) is 6. The zero-order valence-corrected chi connectivity index (χ0v) is 11.3. The molecule has 1 heterocycles. The van der Waals surface area contributed by atoms with Crippen molar-refractivity contribution >= 4 is 17.5 Å². The predicted octanol–water partition coefficient (Wildman–Crippen LogP) is 0.782. The number of rotatable bonds is 9. The number of carbonyl (C=O) groups is 1. The molecule has 0 aliphatic carbocycles. The van der Waals surface area contributed by atoms with Crippen LogP contribution < -0.4 is 22.3 Å². The Morgan fingerprint density at radius 1 is 1.32 bits per heavy atom. The lowest BCUT2D eigenvalue weighted by Crippen LogP contribution is -2.15. The third-order valence-electron chi connectivity index (χ3n) is 2.72. The van der Waals surface area contributed by atoms with Gasteiger partial charge in [-0.05, 0) is 19.3 Å². The molecule has 0 atom stereocenters. The Hall–Kier alpha value is -1.89. The number of hydrazine groups is 1. The van der Waals surface area contributed by atoms with Crippen molar-refractivity contribution < 1.29 is 4.79 Å². The Morgan fingerprint density at radius 2 is 2.05 bits per heavy atom. The summed E-state index contributed by atoms with van der Waals surface area (Å²) in [6.07, 6.45) is 5.37. The lowest BCUT2D eigenvalue weighted by Gasteiger charge is -2.13. The number of nitrogens with one attached hydrogen (secondary N) is 2. The Kier molecular flexibility index (Phi) is 6.59. The maximum Gasteiger partial charge on any atom is 0.217 e. The van der Waals surface area contributed by atoms with Gasteiger partial charge in [0.25, 0.3) is 0 Å². The fourth-order valence-electron chi connectivity index (χ4n) is 1.81. The molecule has 0 bridgehead atoms. The summed E-state index contributed by atoms with van der Waals surface area (Å²) in [5.74, 6) is 6.62. The van der Waals surface area contributed by atoms with Crippen LogP contribution in [0.3, 0.4) is 0 Å². The van der Waals surface area contributed by atoms with Crippen molar-refractivity contribution in [2.45, 2.75) is 39.0 Å². The van der Waals surface area contributed by atoms with E-state index in [9.17, 15) is 4.79 Å². The molecule has 7 heteroatoms. The first kappa shape index (κ1) is 15.2. The number of nitrogens with zero attached hydrogens (tertiary/aromatic N) is 2. The van der Waals surface area contributed by atoms with Crippen molar-refractivity contribution in [3.63, 3.8) is 0 Å². The summed E-state index contributed by atoms with van der Waals surface area (Å²) in [5.41, 5.74) is 8.66. The van der Waals surface area contributed by atoms with Crippen LogP contribution in [-0.4, -0.2) is 22.4 Å². The van der Waals surface area contributed by atoms with Crippen LogP contribution in [0.25, 0.3) is 0 Å². The highest BCUT2D eigenvalue weighted by Gasteiger charge is 2.09. The van der Waals surface area contributed by atoms with Crippen LogP contribution in [-0.2, 0) is 11.2 Å². The molecule has 0 saturated heterocycles. The highest BCUT2D eigenvalue weighted by Crippen LogP contribution is 2.20. The molecule has 106 valence electrons. The van der Waals surface area contributed by atoms with Gasteiger partial charge in [0.2, 0.25) is 5.91 Å². The van der Waals surface area contributed by atoms with Gasteiger partial charge in [-0.2, -0.15) is 0 Å². The van der Waals surface area contributed by atoms with Crippen LogP contribution in [0.1, 0.15) is 38.2 Å². The fraction of sp³-hybridized carbons (Fsp3) is 0.583. The number of unbranched alkanes of at least 4 members (excludes halogenated alkanes) is 1. The number of carbonyl (C=O) groups excluding carboxylic acids is 1. The minimum atomic E-state index is -0.261. The third-order valence-corrected chi connectivity index (χ3v) is 2.72. The van der Waals surface area contributed by atoms with Crippen molar-refractivity contribution in [3.8, 4) is 0 Å². The molecule has 0 radical (unpaired) electrons. The molecule has 0 spiro atoms. The molecule has 0 unspecified atom stereocenters. The molecule has 0 aliphatic rings. The normalized spacial score (nSPS) is 10.2. The van der Waals surface area contributed by atoms with E-state index in [0.29, 0.717) is 12.2 Å². The zero-order valence-electron chi connectivity index (χ0n) is 11.3. The van der Waals surface area contributed by atoms with Gasteiger partial charge in [0.15, 0.2) is 0 Å².